The third-order valence-electron chi connectivity index (χ3n) is 4.04. The highest BCUT2D eigenvalue weighted by atomic mass is 32.1. The lowest BCUT2D eigenvalue weighted by molar-refractivity contribution is -0.117. The summed E-state index contributed by atoms with van der Waals surface area (Å²) in [6.45, 7) is 3.92. The number of benzene rings is 1. The van der Waals surface area contributed by atoms with Crippen molar-refractivity contribution >= 4 is 33.8 Å². The summed E-state index contributed by atoms with van der Waals surface area (Å²) >= 11 is 1.50. The molecule has 0 aliphatic heterocycles. The Morgan fingerprint density at radius 2 is 2.18 bits per heavy atom. The summed E-state index contributed by atoms with van der Waals surface area (Å²) in [6.07, 6.45) is 1.60. The molecule has 1 N–H and O–H groups in total. The molecule has 0 bridgehead atoms. The Bertz CT molecular complexity index is 1010. The van der Waals surface area contributed by atoms with Crippen LogP contribution in [0.1, 0.15) is 13.8 Å². The molecule has 0 spiro atoms. The average molecular weight is 396 g/mol. The maximum Gasteiger partial charge on any atom is 0.241 e. The van der Waals surface area contributed by atoms with Gasteiger partial charge in [0.25, 0.3) is 0 Å². The number of thiazole rings is 1. The van der Waals surface area contributed by atoms with Crippen molar-refractivity contribution < 1.29 is 14.3 Å². The molecule has 28 heavy (non-hydrogen) atoms. The number of rotatable bonds is 7. The third-order valence-corrected chi connectivity index (χ3v) is 4.84. The molecule has 7 nitrogen and oxygen atoms in total. The van der Waals surface area contributed by atoms with Gasteiger partial charge in [-0.25, -0.2) is 4.98 Å². The predicted octanol–water partition coefficient (Wildman–Crippen LogP) is 3.87. The first kappa shape index (κ1) is 19.7. The van der Waals surface area contributed by atoms with Crippen molar-refractivity contribution in [2.45, 2.75) is 20.0 Å². The number of fused-ring (bicyclic) bond motifs is 1. The number of anilines is 1. The van der Waals surface area contributed by atoms with Crippen LogP contribution in [-0.2, 0) is 9.53 Å². The highest BCUT2D eigenvalue weighted by molar-refractivity contribution is 7.13. The minimum absolute atomic E-state index is 0.165. The lowest BCUT2D eigenvalue weighted by Crippen LogP contribution is -2.19. The zero-order chi connectivity index (χ0) is 20.1. The van der Waals surface area contributed by atoms with E-state index in [0.29, 0.717) is 18.0 Å². The molecule has 1 aromatic carbocycles. The van der Waals surface area contributed by atoms with Gasteiger partial charge in [0.2, 0.25) is 5.91 Å². The largest absolute Gasteiger partial charge is 0.488 e. The van der Waals surface area contributed by atoms with E-state index in [2.05, 4.69) is 10.3 Å². The molecule has 144 valence electrons. The topological polar surface area (TPSA) is 97.1 Å². The van der Waals surface area contributed by atoms with Gasteiger partial charge in [-0.05, 0) is 32.0 Å². The molecule has 0 aliphatic rings. The maximum atomic E-state index is 12.0. The van der Waals surface area contributed by atoms with E-state index >= 15 is 0 Å². The van der Waals surface area contributed by atoms with Crippen molar-refractivity contribution in [3.8, 4) is 22.4 Å². The zero-order valence-electron chi connectivity index (χ0n) is 15.8. The molecule has 0 radical (unpaired) electrons. The predicted molar refractivity (Wildman–Crippen MR) is 108 cm³/mol. The Morgan fingerprint density at radius 1 is 1.36 bits per heavy atom. The van der Waals surface area contributed by atoms with Crippen LogP contribution in [0, 0.1) is 17.2 Å². The molecule has 0 aliphatic carbocycles. The lowest BCUT2D eigenvalue weighted by Gasteiger charge is -2.17. The first-order valence-corrected chi connectivity index (χ1v) is 9.59. The van der Waals surface area contributed by atoms with Crippen LogP contribution in [0.25, 0.3) is 21.5 Å². The van der Waals surface area contributed by atoms with Gasteiger partial charge in [0.15, 0.2) is 0 Å². The van der Waals surface area contributed by atoms with E-state index in [1.54, 1.807) is 37.9 Å². The van der Waals surface area contributed by atoms with Crippen LogP contribution < -0.4 is 10.1 Å². The lowest BCUT2D eigenvalue weighted by atomic mass is 10.1. The summed E-state index contributed by atoms with van der Waals surface area (Å²) in [4.78, 5) is 21.8. The molecule has 3 aromatic rings. The van der Waals surface area contributed by atoms with E-state index in [1.165, 1.54) is 11.3 Å². The van der Waals surface area contributed by atoms with E-state index in [1.807, 2.05) is 25.1 Å². The van der Waals surface area contributed by atoms with E-state index in [-0.39, 0.29) is 12.0 Å². The molecule has 1 unspecified atom stereocenters. The van der Waals surface area contributed by atoms with Gasteiger partial charge >= 0.3 is 0 Å². The molecule has 2 aromatic heterocycles. The normalized spacial score (nSPS) is 12.9. The van der Waals surface area contributed by atoms with Crippen LogP contribution in [0.3, 0.4) is 0 Å². The summed E-state index contributed by atoms with van der Waals surface area (Å²) in [7, 11) is 1.62. The second kappa shape index (κ2) is 8.78. The summed E-state index contributed by atoms with van der Waals surface area (Å²) < 4.78 is 11.3. The van der Waals surface area contributed by atoms with Gasteiger partial charge in [0.05, 0.1) is 34.3 Å². The monoisotopic (exact) mass is 396 g/mol. The molecule has 0 saturated carbocycles. The summed E-state index contributed by atoms with van der Waals surface area (Å²) in [5.74, 6) is -0.450. The summed E-state index contributed by atoms with van der Waals surface area (Å²) in [6, 6.07) is 9.18. The van der Waals surface area contributed by atoms with Crippen molar-refractivity contribution in [2.75, 3.05) is 19.0 Å². The number of amides is 1. The van der Waals surface area contributed by atoms with Gasteiger partial charge in [0, 0.05) is 30.4 Å². The second-order valence-electron chi connectivity index (χ2n) is 6.33. The van der Waals surface area contributed by atoms with Gasteiger partial charge in [-0.3, -0.25) is 9.78 Å². The minimum atomic E-state index is -0.736. The molecule has 0 fully saturated rings. The van der Waals surface area contributed by atoms with Crippen LogP contribution in [-0.4, -0.2) is 35.7 Å². The fraction of sp³-hybridized carbons (Fsp3) is 0.300. The van der Waals surface area contributed by atoms with E-state index < -0.39 is 5.92 Å². The summed E-state index contributed by atoms with van der Waals surface area (Å²) in [5.41, 5.74) is 3.84. The van der Waals surface area contributed by atoms with Crippen LogP contribution in [0.15, 0.2) is 36.0 Å². The van der Waals surface area contributed by atoms with Crippen molar-refractivity contribution in [2.24, 2.45) is 5.92 Å². The van der Waals surface area contributed by atoms with Gasteiger partial charge < -0.3 is 14.8 Å². The van der Waals surface area contributed by atoms with Crippen LogP contribution in [0.4, 0.5) is 5.69 Å². The number of hydrogen-bond donors (Lipinski definition) is 1. The molecule has 2 heterocycles. The van der Waals surface area contributed by atoms with E-state index in [4.69, 9.17) is 19.7 Å². The van der Waals surface area contributed by atoms with Crippen LogP contribution in [0.2, 0.25) is 0 Å². The van der Waals surface area contributed by atoms with Crippen molar-refractivity contribution in [3.05, 3.63) is 36.0 Å². The average Bonchev–Trinajstić information content (AvgIpc) is 3.22. The molecular weight excluding hydrogens is 376 g/mol. The molecule has 8 heteroatoms. The Kier molecular flexibility index (Phi) is 6.19. The minimum Gasteiger partial charge on any atom is -0.488 e. The number of nitrogens with zero attached hydrogens (tertiary/aromatic N) is 3. The number of ether oxygens (including phenoxy) is 2. The Balaban J connectivity index is 2.03. The number of carbonyl (C=O) groups is 1. The fourth-order valence-corrected chi connectivity index (χ4v) is 3.22. The van der Waals surface area contributed by atoms with Gasteiger partial charge in [-0.1, -0.05) is 0 Å². The number of hydrogen-bond acceptors (Lipinski definition) is 7. The Morgan fingerprint density at radius 3 is 2.86 bits per heavy atom. The number of pyridine rings is 1. The fourth-order valence-electron chi connectivity index (χ4n) is 2.63. The standard InChI is InChI=1S/C20H20N4O3S/c1-12(8-21)20(25)23-14-4-5-16-15(6-14)18(27-13(2)10-26-3)7-17(24-16)19-9-22-11-28-19/h4-7,9,11-13H,10H2,1-3H3,(H,23,25)/t12?,13-/m1/s1. The maximum absolute atomic E-state index is 12.0. The molecule has 0 saturated heterocycles. The van der Waals surface area contributed by atoms with Crippen molar-refractivity contribution in [1.29, 1.82) is 5.26 Å². The molecule has 2 atom stereocenters. The first-order valence-electron chi connectivity index (χ1n) is 8.71. The van der Waals surface area contributed by atoms with Crippen LogP contribution >= 0.6 is 11.3 Å². The highest BCUT2D eigenvalue weighted by Gasteiger charge is 2.15. The molecule has 1 amide bonds. The Hall–Kier alpha value is -3.02. The van der Waals surface area contributed by atoms with E-state index in [9.17, 15) is 4.79 Å². The van der Waals surface area contributed by atoms with E-state index in [0.717, 1.165) is 21.5 Å². The molecular formula is C20H20N4O3S. The zero-order valence-corrected chi connectivity index (χ0v) is 16.6. The second-order valence-corrected chi connectivity index (χ2v) is 7.21. The number of nitriles is 1. The first-order chi connectivity index (χ1) is 13.5. The highest BCUT2D eigenvalue weighted by Crippen LogP contribution is 2.33. The van der Waals surface area contributed by atoms with Gasteiger partial charge in [-0.2, -0.15) is 5.26 Å². The van der Waals surface area contributed by atoms with Crippen molar-refractivity contribution in [1.82, 2.24) is 9.97 Å². The van der Waals surface area contributed by atoms with Crippen LogP contribution in [0.5, 0.6) is 5.75 Å². The van der Waals surface area contributed by atoms with Crippen molar-refractivity contribution in [3.63, 3.8) is 0 Å². The quantitative estimate of drug-likeness (QED) is 0.651. The number of aromatic nitrogens is 2. The summed E-state index contributed by atoms with van der Waals surface area (Å²) in [5, 5.41) is 12.4. The van der Waals surface area contributed by atoms with Gasteiger partial charge in [0.1, 0.15) is 17.8 Å². The number of methoxy groups -OCH3 is 1. The number of carbonyl (C=O) groups excluding carboxylic acids is 1. The number of nitrogens with one attached hydrogen (secondary N) is 1. The molecule has 3 rings (SSSR count). The smallest absolute Gasteiger partial charge is 0.241 e. The third kappa shape index (κ3) is 4.44. The van der Waals surface area contributed by atoms with Gasteiger partial charge in [-0.15, -0.1) is 11.3 Å². The SMILES string of the molecule is COC[C@@H](C)Oc1cc(-c2cncs2)nc2ccc(NC(=O)C(C)C#N)cc12. The Labute approximate surface area is 167 Å².